The molecule has 0 spiro atoms. The van der Waals surface area contributed by atoms with E-state index < -0.39 is 22.8 Å². The number of hydrogen-bond donors (Lipinski definition) is 1. The van der Waals surface area contributed by atoms with Crippen LogP contribution in [-0.2, 0) is 6.54 Å². The lowest BCUT2D eigenvalue weighted by molar-refractivity contribution is 0.0695. The van der Waals surface area contributed by atoms with Crippen LogP contribution in [0.4, 0.5) is 4.39 Å². The molecule has 4 nitrogen and oxygen atoms in total. The van der Waals surface area contributed by atoms with Crippen LogP contribution >= 0.6 is 11.6 Å². The van der Waals surface area contributed by atoms with E-state index in [1.807, 2.05) is 0 Å². The normalized spacial score (nSPS) is 10.6. The minimum Gasteiger partial charge on any atom is -0.477 e. The van der Waals surface area contributed by atoms with E-state index in [1.165, 1.54) is 22.9 Å². The van der Waals surface area contributed by atoms with Crippen molar-refractivity contribution in [1.82, 2.24) is 4.57 Å². The van der Waals surface area contributed by atoms with E-state index in [2.05, 4.69) is 6.58 Å². The second-order valence-electron chi connectivity index (χ2n) is 3.90. The minimum absolute atomic E-state index is 0.0244. The van der Waals surface area contributed by atoms with Crippen LogP contribution < -0.4 is 5.43 Å². The van der Waals surface area contributed by atoms with Gasteiger partial charge < -0.3 is 9.67 Å². The molecular formula is C13H9ClFNO3. The molecule has 0 atom stereocenters. The highest BCUT2D eigenvalue weighted by molar-refractivity contribution is 6.31. The van der Waals surface area contributed by atoms with Crippen molar-refractivity contribution < 1.29 is 14.3 Å². The van der Waals surface area contributed by atoms with Gasteiger partial charge in [-0.25, -0.2) is 9.18 Å². The SMILES string of the molecule is C=CCn1cc(C(=O)O)c(=O)c2cc(F)c(Cl)cc21. The first kappa shape index (κ1) is 13.3. The van der Waals surface area contributed by atoms with Crippen LogP contribution in [0, 0.1) is 5.82 Å². The third-order valence-corrected chi connectivity index (χ3v) is 2.97. The number of pyridine rings is 1. The molecule has 0 saturated heterocycles. The number of carbonyl (C=O) groups is 1. The van der Waals surface area contributed by atoms with Crippen LogP contribution in [0.5, 0.6) is 0 Å². The average molecular weight is 282 g/mol. The molecule has 0 amide bonds. The van der Waals surface area contributed by atoms with Gasteiger partial charge in [0, 0.05) is 18.1 Å². The summed E-state index contributed by atoms with van der Waals surface area (Å²) < 4.78 is 14.9. The molecule has 98 valence electrons. The summed E-state index contributed by atoms with van der Waals surface area (Å²) in [6.07, 6.45) is 2.73. The second kappa shape index (κ2) is 4.85. The molecule has 0 bridgehead atoms. The van der Waals surface area contributed by atoms with Crippen molar-refractivity contribution in [1.29, 1.82) is 0 Å². The van der Waals surface area contributed by atoms with Crippen LogP contribution in [0.3, 0.4) is 0 Å². The third-order valence-electron chi connectivity index (χ3n) is 2.68. The van der Waals surface area contributed by atoms with Crippen LogP contribution in [-0.4, -0.2) is 15.6 Å². The largest absolute Gasteiger partial charge is 0.477 e. The fraction of sp³-hybridized carbons (Fsp3) is 0.0769. The first-order valence-electron chi connectivity index (χ1n) is 5.32. The summed E-state index contributed by atoms with van der Waals surface area (Å²) in [6.45, 7) is 3.82. The van der Waals surface area contributed by atoms with Crippen molar-refractivity contribution in [2.75, 3.05) is 0 Å². The van der Waals surface area contributed by atoms with E-state index in [0.717, 1.165) is 6.07 Å². The molecule has 0 unspecified atom stereocenters. The molecule has 1 N–H and O–H groups in total. The van der Waals surface area contributed by atoms with E-state index in [-0.39, 0.29) is 17.0 Å². The molecule has 19 heavy (non-hydrogen) atoms. The fourth-order valence-corrected chi connectivity index (χ4v) is 1.99. The summed E-state index contributed by atoms with van der Waals surface area (Å²) in [5.41, 5.74) is -0.796. The molecule has 0 aliphatic rings. The molecular weight excluding hydrogens is 273 g/mol. The van der Waals surface area contributed by atoms with Gasteiger partial charge in [-0.15, -0.1) is 6.58 Å². The molecule has 1 aromatic heterocycles. The Bertz CT molecular complexity index is 752. The van der Waals surface area contributed by atoms with Crippen molar-refractivity contribution in [2.24, 2.45) is 0 Å². The topological polar surface area (TPSA) is 59.3 Å². The first-order valence-corrected chi connectivity index (χ1v) is 5.70. The summed E-state index contributed by atoms with van der Waals surface area (Å²) in [5, 5.41) is 8.83. The van der Waals surface area contributed by atoms with Crippen molar-refractivity contribution in [3.8, 4) is 0 Å². The van der Waals surface area contributed by atoms with Gasteiger partial charge in [0.15, 0.2) is 0 Å². The lowest BCUT2D eigenvalue weighted by Gasteiger charge is -2.10. The summed E-state index contributed by atoms with van der Waals surface area (Å²) in [7, 11) is 0. The van der Waals surface area contributed by atoms with Crippen LogP contribution in [0.15, 0.2) is 35.8 Å². The minimum atomic E-state index is -1.36. The lowest BCUT2D eigenvalue weighted by atomic mass is 10.1. The second-order valence-corrected chi connectivity index (χ2v) is 4.31. The highest BCUT2D eigenvalue weighted by Gasteiger charge is 2.16. The number of rotatable bonds is 3. The number of allylic oxidation sites excluding steroid dienone is 1. The third kappa shape index (κ3) is 2.24. The number of nitrogens with zero attached hydrogens (tertiary/aromatic N) is 1. The molecule has 0 radical (unpaired) electrons. The van der Waals surface area contributed by atoms with E-state index in [0.29, 0.717) is 5.52 Å². The van der Waals surface area contributed by atoms with Gasteiger partial charge in [-0.3, -0.25) is 4.79 Å². The number of benzene rings is 1. The van der Waals surface area contributed by atoms with Gasteiger partial charge in [0.1, 0.15) is 11.4 Å². The zero-order chi connectivity index (χ0) is 14.2. The smallest absolute Gasteiger partial charge is 0.341 e. The summed E-state index contributed by atoms with van der Waals surface area (Å²) in [4.78, 5) is 23.0. The molecule has 0 aliphatic heterocycles. The summed E-state index contributed by atoms with van der Waals surface area (Å²) in [6, 6.07) is 2.24. The maximum atomic E-state index is 13.4. The Kier molecular flexibility index (Phi) is 3.40. The number of fused-ring (bicyclic) bond motifs is 1. The molecule has 1 heterocycles. The predicted octanol–water partition coefficient (Wildman–Crippen LogP) is 2.68. The Hall–Kier alpha value is -2.14. The first-order chi connectivity index (χ1) is 8.95. The van der Waals surface area contributed by atoms with Gasteiger partial charge in [-0.1, -0.05) is 17.7 Å². The van der Waals surface area contributed by atoms with Crippen molar-refractivity contribution in [3.63, 3.8) is 0 Å². The maximum Gasteiger partial charge on any atom is 0.341 e. The highest BCUT2D eigenvalue weighted by Crippen LogP contribution is 2.21. The van der Waals surface area contributed by atoms with Crippen LogP contribution in [0.2, 0.25) is 5.02 Å². The number of hydrogen-bond acceptors (Lipinski definition) is 2. The number of aromatic carboxylic acids is 1. The Balaban J connectivity index is 2.96. The Morgan fingerprint density at radius 3 is 2.79 bits per heavy atom. The van der Waals surface area contributed by atoms with Gasteiger partial charge in [-0.05, 0) is 12.1 Å². The molecule has 2 rings (SSSR count). The number of carboxylic acid groups (broad SMARTS) is 1. The molecule has 1 aromatic carbocycles. The van der Waals surface area contributed by atoms with Gasteiger partial charge in [0.2, 0.25) is 5.43 Å². The molecule has 0 fully saturated rings. The predicted molar refractivity (Wildman–Crippen MR) is 70.3 cm³/mol. The Morgan fingerprint density at radius 1 is 1.53 bits per heavy atom. The van der Waals surface area contributed by atoms with Crippen LogP contribution in [0.25, 0.3) is 10.9 Å². The van der Waals surface area contributed by atoms with Crippen LogP contribution in [0.1, 0.15) is 10.4 Å². The number of carboxylic acids is 1. The average Bonchev–Trinajstić information content (AvgIpc) is 2.35. The molecule has 6 heteroatoms. The summed E-state index contributed by atoms with van der Waals surface area (Å²) in [5.74, 6) is -2.13. The quantitative estimate of drug-likeness (QED) is 0.880. The lowest BCUT2D eigenvalue weighted by Crippen LogP contribution is -2.19. The fourth-order valence-electron chi connectivity index (χ4n) is 1.83. The van der Waals surface area contributed by atoms with E-state index in [1.54, 1.807) is 0 Å². The molecule has 2 aromatic rings. The number of aromatic nitrogens is 1. The van der Waals surface area contributed by atoms with E-state index >= 15 is 0 Å². The monoisotopic (exact) mass is 281 g/mol. The van der Waals surface area contributed by atoms with E-state index in [4.69, 9.17) is 16.7 Å². The van der Waals surface area contributed by atoms with Gasteiger partial charge in [0.05, 0.1) is 10.5 Å². The Labute approximate surface area is 112 Å². The van der Waals surface area contributed by atoms with Gasteiger partial charge in [0.25, 0.3) is 0 Å². The van der Waals surface area contributed by atoms with Crippen molar-refractivity contribution in [3.05, 3.63) is 57.6 Å². The standard InChI is InChI=1S/C13H9ClFNO3/c1-2-3-16-6-8(13(18)19)12(17)7-4-10(15)9(14)5-11(7)16/h2,4-6H,1,3H2,(H,18,19). The van der Waals surface area contributed by atoms with Gasteiger partial charge in [-0.2, -0.15) is 0 Å². The van der Waals surface area contributed by atoms with Gasteiger partial charge >= 0.3 is 5.97 Å². The van der Waals surface area contributed by atoms with Crippen molar-refractivity contribution in [2.45, 2.75) is 6.54 Å². The molecule has 0 saturated carbocycles. The van der Waals surface area contributed by atoms with Crippen molar-refractivity contribution >= 4 is 28.5 Å². The number of halogens is 2. The maximum absolute atomic E-state index is 13.4. The Morgan fingerprint density at radius 2 is 2.21 bits per heavy atom. The highest BCUT2D eigenvalue weighted by atomic mass is 35.5. The summed E-state index contributed by atoms with van der Waals surface area (Å²) >= 11 is 5.68. The van der Waals surface area contributed by atoms with E-state index in [9.17, 15) is 14.0 Å². The molecule has 0 aliphatic carbocycles. The zero-order valence-electron chi connectivity index (χ0n) is 9.69. The zero-order valence-corrected chi connectivity index (χ0v) is 10.4.